The summed E-state index contributed by atoms with van der Waals surface area (Å²) < 4.78 is 5.32. The van der Waals surface area contributed by atoms with Gasteiger partial charge in [-0.1, -0.05) is 0 Å². The summed E-state index contributed by atoms with van der Waals surface area (Å²) in [4.78, 5) is 20.8. The number of nitrogens with zero attached hydrogens (tertiary/aromatic N) is 5. The van der Waals surface area contributed by atoms with E-state index in [-0.39, 0.29) is 0 Å². The van der Waals surface area contributed by atoms with Crippen LogP contribution in [-0.2, 0) is 0 Å². The summed E-state index contributed by atoms with van der Waals surface area (Å²) in [7, 11) is 0. The van der Waals surface area contributed by atoms with Gasteiger partial charge in [0.1, 0.15) is 5.03 Å². The van der Waals surface area contributed by atoms with Gasteiger partial charge in [0.2, 0.25) is 11.1 Å². The zero-order chi connectivity index (χ0) is 13.5. The number of aromatic nitrogens is 5. The van der Waals surface area contributed by atoms with Crippen molar-refractivity contribution in [3.8, 4) is 6.01 Å². The van der Waals surface area contributed by atoms with Crippen LogP contribution in [0.2, 0.25) is 0 Å². The highest BCUT2D eigenvalue weighted by molar-refractivity contribution is 7.99. The Labute approximate surface area is 115 Å². The van der Waals surface area contributed by atoms with Gasteiger partial charge in [0, 0.05) is 18.9 Å². The summed E-state index contributed by atoms with van der Waals surface area (Å²) in [5.74, 6) is 0.493. The molecule has 7 nitrogen and oxygen atoms in total. The molecule has 0 radical (unpaired) electrons. The summed E-state index contributed by atoms with van der Waals surface area (Å²) in [5, 5.41) is 4.28. The molecule has 8 heteroatoms. The molecule has 100 valence electrons. The minimum atomic E-state index is 0.305. The van der Waals surface area contributed by atoms with Gasteiger partial charge in [0.25, 0.3) is 0 Å². The van der Waals surface area contributed by atoms with Crippen LogP contribution in [0.3, 0.4) is 0 Å². The maximum absolute atomic E-state index is 5.32. The second-order valence-electron chi connectivity index (χ2n) is 3.33. The quantitative estimate of drug-likeness (QED) is 0.853. The number of hydrogen-bond donors (Lipinski definition) is 1. The van der Waals surface area contributed by atoms with E-state index in [1.54, 1.807) is 18.6 Å². The first-order chi connectivity index (χ1) is 9.31. The van der Waals surface area contributed by atoms with Gasteiger partial charge >= 0.3 is 6.01 Å². The van der Waals surface area contributed by atoms with Crippen LogP contribution in [0.1, 0.15) is 13.8 Å². The third-order valence-electron chi connectivity index (χ3n) is 1.94. The second kappa shape index (κ2) is 6.83. The third-order valence-corrected chi connectivity index (χ3v) is 2.72. The van der Waals surface area contributed by atoms with Gasteiger partial charge in [-0.05, 0) is 25.6 Å². The van der Waals surface area contributed by atoms with Crippen LogP contribution in [0.15, 0.2) is 28.8 Å². The largest absolute Gasteiger partial charge is 0.464 e. The van der Waals surface area contributed by atoms with Crippen LogP contribution >= 0.6 is 11.8 Å². The molecule has 0 saturated carbocycles. The highest BCUT2D eigenvalue weighted by atomic mass is 32.2. The van der Waals surface area contributed by atoms with Gasteiger partial charge < -0.3 is 10.1 Å². The van der Waals surface area contributed by atoms with Crippen molar-refractivity contribution in [3.05, 3.63) is 18.6 Å². The molecule has 0 unspecified atom stereocenters. The van der Waals surface area contributed by atoms with Crippen molar-refractivity contribution >= 4 is 17.7 Å². The van der Waals surface area contributed by atoms with Crippen molar-refractivity contribution in [2.45, 2.75) is 24.0 Å². The van der Waals surface area contributed by atoms with E-state index in [9.17, 15) is 0 Å². The highest BCUT2D eigenvalue weighted by Crippen LogP contribution is 2.23. The smallest absolute Gasteiger partial charge is 0.322 e. The van der Waals surface area contributed by atoms with Crippen LogP contribution in [0.5, 0.6) is 6.01 Å². The zero-order valence-electron chi connectivity index (χ0n) is 10.7. The van der Waals surface area contributed by atoms with E-state index < -0.39 is 0 Å². The van der Waals surface area contributed by atoms with Gasteiger partial charge in [-0.3, -0.25) is 4.98 Å². The lowest BCUT2D eigenvalue weighted by Gasteiger charge is -2.06. The Balaban J connectivity index is 2.23. The lowest BCUT2D eigenvalue weighted by molar-refractivity contribution is 0.308. The molecule has 0 aliphatic rings. The van der Waals surface area contributed by atoms with Gasteiger partial charge in [-0.25, -0.2) is 4.98 Å². The van der Waals surface area contributed by atoms with Crippen molar-refractivity contribution in [1.29, 1.82) is 0 Å². The molecule has 19 heavy (non-hydrogen) atoms. The molecule has 0 aliphatic heterocycles. The molecular formula is C11H14N6OS. The summed E-state index contributed by atoms with van der Waals surface area (Å²) in [6.07, 6.45) is 4.90. The Morgan fingerprint density at radius 1 is 1.21 bits per heavy atom. The molecule has 2 aromatic rings. The normalized spacial score (nSPS) is 10.2. The van der Waals surface area contributed by atoms with Crippen LogP contribution < -0.4 is 10.1 Å². The fourth-order valence-electron chi connectivity index (χ4n) is 1.25. The molecule has 0 aromatic carbocycles. The molecule has 0 bridgehead atoms. The fourth-order valence-corrected chi connectivity index (χ4v) is 1.92. The maximum atomic E-state index is 5.32. The van der Waals surface area contributed by atoms with Crippen molar-refractivity contribution in [3.63, 3.8) is 0 Å². The average molecular weight is 278 g/mol. The van der Waals surface area contributed by atoms with Crippen LogP contribution in [-0.4, -0.2) is 38.1 Å². The Hall–Kier alpha value is -1.96. The summed E-state index contributed by atoms with van der Waals surface area (Å²) in [5.41, 5.74) is 0. The number of hydrogen-bond acceptors (Lipinski definition) is 8. The molecule has 0 amide bonds. The minimum Gasteiger partial charge on any atom is -0.464 e. The van der Waals surface area contributed by atoms with E-state index in [0.717, 1.165) is 11.6 Å². The van der Waals surface area contributed by atoms with E-state index >= 15 is 0 Å². The van der Waals surface area contributed by atoms with Crippen molar-refractivity contribution in [2.24, 2.45) is 0 Å². The van der Waals surface area contributed by atoms with Gasteiger partial charge in [0.05, 0.1) is 12.8 Å². The summed E-state index contributed by atoms with van der Waals surface area (Å²) in [6, 6.07) is 0.305. The monoisotopic (exact) mass is 278 g/mol. The molecule has 0 saturated heterocycles. The van der Waals surface area contributed by atoms with Crippen LogP contribution in [0.4, 0.5) is 5.95 Å². The molecule has 0 atom stereocenters. The van der Waals surface area contributed by atoms with Crippen molar-refractivity contribution in [1.82, 2.24) is 24.9 Å². The predicted octanol–water partition coefficient (Wildman–Crippen LogP) is 1.64. The van der Waals surface area contributed by atoms with E-state index in [1.807, 2.05) is 13.8 Å². The predicted molar refractivity (Wildman–Crippen MR) is 71.3 cm³/mol. The maximum Gasteiger partial charge on any atom is 0.322 e. The number of ether oxygens (including phenoxy) is 1. The Kier molecular flexibility index (Phi) is 4.85. The van der Waals surface area contributed by atoms with Gasteiger partial charge in [-0.15, -0.1) is 0 Å². The number of anilines is 1. The highest BCUT2D eigenvalue weighted by Gasteiger charge is 2.09. The Morgan fingerprint density at radius 3 is 2.79 bits per heavy atom. The van der Waals surface area contributed by atoms with Crippen molar-refractivity contribution < 1.29 is 4.74 Å². The summed E-state index contributed by atoms with van der Waals surface area (Å²) >= 11 is 1.31. The van der Waals surface area contributed by atoms with Crippen LogP contribution in [0.25, 0.3) is 0 Å². The van der Waals surface area contributed by atoms with Crippen LogP contribution in [0, 0.1) is 0 Å². The molecule has 0 spiro atoms. The molecular weight excluding hydrogens is 264 g/mol. The Morgan fingerprint density at radius 2 is 2.11 bits per heavy atom. The minimum absolute atomic E-state index is 0.305. The first-order valence-electron chi connectivity index (χ1n) is 5.88. The Bertz CT molecular complexity index is 500. The summed E-state index contributed by atoms with van der Waals surface area (Å²) in [6.45, 7) is 5.08. The molecule has 0 fully saturated rings. The zero-order valence-corrected chi connectivity index (χ0v) is 11.5. The molecule has 0 aliphatic carbocycles. The standard InChI is InChI=1S/C11H14N6OS/c1-3-13-9-15-10(18-4-2)17-11(16-9)19-8-7-12-5-6-14-8/h5-7H,3-4H2,1-2H3,(H,13,15,16,17). The lowest BCUT2D eigenvalue weighted by Crippen LogP contribution is -2.07. The SMILES string of the molecule is CCNc1nc(OCC)nc(Sc2cnccn2)n1. The lowest BCUT2D eigenvalue weighted by atomic mass is 10.7. The third kappa shape index (κ3) is 4.02. The number of rotatable bonds is 6. The van der Waals surface area contributed by atoms with E-state index in [1.165, 1.54) is 11.8 Å². The van der Waals surface area contributed by atoms with Crippen molar-refractivity contribution in [2.75, 3.05) is 18.5 Å². The fraction of sp³-hybridized carbons (Fsp3) is 0.364. The molecule has 2 aromatic heterocycles. The van der Waals surface area contributed by atoms with Gasteiger partial charge in [-0.2, -0.15) is 15.0 Å². The van der Waals surface area contributed by atoms with E-state index in [4.69, 9.17) is 4.74 Å². The average Bonchev–Trinajstić information content (AvgIpc) is 2.40. The second-order valence-corrected chi connectivity index (χ2v) is 4.32. The molecule has 2 heterocycles. The molecule has 2 rings (SSSR count). The van der Waals surface area contributed by atoms with E-state index in [0.29, 0.717) is 23.7 Å². The first kappa shape index (κ1) is 13.5. The topological polar surface area (TPSA) is 85.7 Å². The first-order valence-corrected chi connectivity index (χ1v) is 6.70. The van der Waals surface area contributed by atoms with Gasteiger partial charge in [0.15, 0.2) is 0 Å². The molecule has 1 N–H and O–H groups in total. The number of nitrogens with one attached hydrogen (secondary N) is 1. The van der Waals surface area contributed by atoms with E-state index in [2.05, 4.69) is 30.2 Å².